The predicted octanol–water partition coefficient (Wildman–Crippen LogP) is 1.54. The average Bonchev–Trinajstić information content (AvgIpc) is 2.83. The summed E-state index contributed by atoms with van der Waals surface area (Å²) in [4.78, 5) is 0. The van der Waals surface area contributed by atoms with E-state index in [4.69, 9.17) is 0 Å². The highest BCUT2D eigenvalue weighted by Crippen LogP contribution is 2.23. The summed E-state index contributed by atoms with van der Waals surface area (Å²) >= 11 is 1.27. The van der Waals surface area contributed by atoms with Gasteiger partial charge in [0.1, 0.15) is 4.21 Å². The van der Waals surface area contributed by atoms with Crippen LogP contribution in [0.1, 0.15) is 12.8 Å². The molecule has 17 heavy (non-hydrogen) atoms. The molecular weight excluding hydrogens is 280 g/mol. The maximum absolute atomic E-state index is 12.2. The molecule has 1 fully saturated rings. The summed E-state index contributed by atoms with van der Waals surface area (Å²) in [7, 11) is -1.61. The smallest absolute Gasteiger partial charge is 0.252 e. The van der Waals surface area contributed by atoms with Gasteiger partial charge in [-0.2, -0.15) is 4.31 Å². The molecule has 1 atom stereocenters. The zero-order valence-electron chi connectivity index (χ0n) is 9.63. The zero-order valence-corrected chi connectivity index (χ0v) is 12.1. The third kappa shape index (κ3) is 3.20. The van der Waals surface area contributed by atoms with Gasteiger partial charge in [-0.15, -0.1) is 23.7 Å². The SMILES string of the molecule is CN(C1CCCNC1)S(=O)(=O)c1cccs1.Cl. The summed E-state index contributed by atoms with van der Waals surface area (Å²) in [5.74, 6) is 0. The van der Waals surface area contributed by atoms with Crippen molar-refractivity contribution in [3.05, 3.63) is 17.5 Å². The van der Waals surface area contributed by atoms with Crippen LogP contribution in [0.4, 0.5) is 0 Å². The van der Waals surface area contributed by atoms with E-state index in [9.17, 15) is 8.42 Å². The molecule has 7 heteroatoms. The second-order valence-electron chi connectivity index (χ2n) is 3.95. The molecule has 1 aliphatic rings. The van der Waals surface area contributed by atoms with Crippen LogP contribution in [-0.2, 0) is 10.0 Å². The summed E-state index contributed by atoms with van der Waals surface area (Å²) in [5, 5.41) is 5.02. The Morgan fingerprint density at radius 3 is 2.82 bits per heavy atom. The van der Waals surface area contributed by atoms with E-state index in [2.05, 4.69) is 5.32 Å². The molecular formula is C10H17ClN2O2S2. The number of piperidine rings is 1. The summed E-state index contributed by atoms with van der Waals surface area (Å²) < 4.78 is 26.3. The van der Waals surface area contributed by atoms with Crippen molar-refractivity contribution in [3.8, 4) is 0 Å². The fraction of sp³-hybridized carbons (Fsp3) is 0.600. The number of likely N-dealkylation sites (N-methyl/N-ethyl adjacent to an activating group) is 1. The molecule has 2 heterocycles. The van der Waals surface area contributed by atoms with Gasteiger partial charge in [-0.1, -0.05) is 6.07 Å². The maximum atomic E-state index is 12.2. The molecule has 1 aromatic rings. The Hall–Kier alpha value is -0.140. The number of sulfonamides is 1. The Labute approximate surface area is 112 Å². The van der Waals surface area contributed by atoms with Crippen molar-refractivity contribution in [2.45, 2.75) is 23.1 Å². The Morgan fingerprint density at radius 1 is 1.53 bits per heavy atom. The molecule has 0 aliphatic carbocycles. The van der Waals surface area contributed by atoms with Gasteiger partial charge in [-0.3, -0.25) is 0 Å². The van der Waals surface area contributed by atoms with Crippen molar-refractivity contribution in [2.75, 3.05) is 20.1 Å². The average molecular weight is 297 g/mol. The first-order chi connectivity index (χ1) is 7.62. The Bertz CT molecular complexity index is 427. The van der Waals surface area contributed by atoms with E-state index in [0.717, 1.165) is 25.9 Å². The van der Waals surface area contributed by atoms with Crippen molar-refractivity contribution in [1.82, 2.24) is 9.62 Å². The van der Waals surface area contributed by atoms with Gasteiger partial charge in [0.2, 0.25) is 0 Å². The zero-order chi connectivity index (χ0) is 11.6. The number of hydrogen-bond acceptors (Lipinski definition) is 4. The molecule has 1 saturated heterocycles. The molecule has 98 valence electrons. The lowest BCUT2D eigenvalue weighted by Gasteiger charge is -2.30. The van der Waals surface area contributed by atoms with Crippen molar-refractivity contribution >= 4 is 33.8 Å². The van der Waals surface area contributed by atoms with Crippen molar-refractivity contribution in [1.29, 1.82) is 0 Å². The van der Waals surface area contributed by atoms with Crippen molar-refractivity contribution in [3.63, 3.8) is 0 Å². The third-order valence-corrected chi connectivity index (χ3v) is 6.20. The Kier molecular flexibility index (Phi) is 5.40. The topological polar surface area (TPSA) is 49.4 Å². The van der Waals surface area contributed by atoms with Gasteiger partial charge >= 0.3 is 0 Å². The first kappa shape index (κ1) is 14.9. The van der Waals surface area contributed by atoms with Crippen LogP contribution in [0.25, 0.3) is 0 Å². The first-order valence-electron chi connectivity index (χ1n) is 5.34. The number of thiophene rings is 1. The minimum atomic E-state index is -3.28. The molecule has 0 bridgehead atoms. The molecule has 0 aromatic carbocycles. The van der Waals surface area contributed by atoms with E-state index in [1.807, 2.05) is 0 Å². The molecule has 2 rings (SSSR count). The van der Waals surface area contributed by atoms with Gasteiger partial charge in [-0.05, 0) is 30.8 Å². The van der Waals surface area contributed by atoms with Crippen LogP contribution in [0, 0.1) is 0 Å². The predicted molar refractivity (Wildman–Crippen MR) is 72.4 cm³/mol. The molecule has 1 N–H and O–H groups in total. The first-order valence-corrected chi connectivity index (χ1v) is 7.66. The largest absolute Gasteiger partial charge is 0.315 e. The standard InChI is InChI=1S/C10H16N2O2S2.ClH/c1-12(9-4-2-6-11-8-9)16(13,14)10-5-3-7-15-10;/h3,5,7,9,11H,2,4,6,8H2,1H3;1H. The molecule has 4 nitrogen and oxygen atoms in total. The van der Waals surface area contributed by atoms with E-state index in [1.54, 1.807) is 24.6 Å². The molecule has 0 radical (unpaired) electrons. The highest BCUT2D eigenvalue weighted by atomic mass is 35.5. The fourth-order valence-electron chi connectivity index (χ4n) is 1.89. The number of nitrogens with zero attached hydrogens (tertiary/aromatic N) is 1. The van der Waals surface area contributed by atoms with E-state index < -0.39 is 10.0 Å². The lowest BCUT2D eigenvalue weighted by Crippen LogP contribution is -2.46. The number of rotatable bonds is 3. The van der Waals surface area contributed by atoms with Crippen LogP contribution in [-0.4, -0.2) is 38.9 Å². The Balaban J connectivity index is 0.00000144. The van der Waals surface area contributed by atoms with Gasteiger partial charge in [0.15, 0.2) is 0 Å². The highest BCUT2D eigenvalue weighted by molar-refractivity contribution is 7.91. The van der Waals surface area contributed by atoms with Crippen LogP contribution >= 0.6 is 23.7 Å². The third-order valence-electron chi connectivity index (χ3n) is 2.91. The van der Waals surface area contributed by atoms with Gasteiger partial charge < -0.3 is 5.32 Å². The summed E-state index contributed by atoms with van der Waals surface area (Å²) in [5.41, 5.74) is 0. The molecule has 1 unspecified atom stereocenters. The van der Waals surface area contributed by atoms with Gasteiger partial charge in [-0.25, -0.2) is 8.42 Å². The summed E-state index contributed by atoms with van der Waals surface area (Å²) in [6.45, 7) is 1.74. The van der Waals surface area contributed by atoms with Crippen LogP contribution in [0.2, 0.25) is 0 Å². The van der Waals surface area contributed by atoms with E-state index >= 15 is 0 Å². The van der Waals surface area contributed by atoms with Gasteiger partial charge in [0, 0.05) is 19.6 Å². The lowest BCUT2D eigenvalue weighted by molar-refractivity contribution is 0.300. The van der Waals surface area contributed by atoms with Crippen LogP contribution in [0.15, 0.2) is 21.7 Å². The minimum absolute atomic E-state index is 0. The van der Waals surface area contributed by atoms with Crippen molar-refractivity contribution in [2.24, 2.45) is 0 Å². The quantitative estimate of drug-likeness (QED) is 0.920. The molecule has 0 amide bonds. The number of halogens is 1. The summed E-state index contributed by atoms with van der Waals surface area (Å²) in [6, 6.07) is 3.51. The summed E-state index contributed by atoms with van der Waals surface area (Å²) in [6.07, 6.45) is 1.98. The second-order valence-corrected chi connectivity index (χ2v) is 7.13. The van der Waals surface area contributed by atoms with Crippen LogP contribution in [0.5, 0.6) is 0 Å². The molecule has 1 aliphatic heterocycles. The fourth-order valence-corrected chi connectivity index (χ4v) is 4.45. The molecule has 0 saturated carbocycles. The monoisotopic (exact) mass is 296 g/mol. The highest BCUT2D eigenvalue weighted by Gasteiger charge is 2.29. The lowest BCUT2D eigenvalue weighted by atomic mass is 10.1. The Morgan fingerprint density at radius 2 is 2.29 bits per heavy atom. The second kappa shape index (κ2) is 6.15. The minimum Gasteiger partial charge on any atom is -0.315 e. The van der Waals surface area contributed by atoms with E-state index in [0.29, 0.717) is 4.21 Å². The van der Waals surface area contributed by atoms with Crippen LogP contribution < -0.4 is 5.32 Å². The van der Waals surface area contributed by atoms with Gasteiger partial charge in [0.25, 0.3) is 10.0 Å². The molecule has 0 spiro atoms. The maximum Gasteiger partial charge on any atom is 0.252 e. The number of hydrogen-bond donors (Lipinski definition) is 1. The molecule has 1 aromatic heterocycles. The van der Waals surface area contributed by atoms with Crippen LogP contribution in [0.3, 0.4) is 0 Å². The van der Waals surface area contributed by atoms with E-state index in [1.165, 1.54) is 15.6 Å². The van der Waals surface area contributed by atoms with E-state index in [-0.39, 0.29) is 18.4 Å². The van der Waals surface area contributed by atoms with Crippen molar-refractivity contribution < 1.29 is 8.42 Å². The van der Waals surface area contributed by atoms with Gasteiger partial charge in [0.05, 0.1) is 0 Å². The normalized spacial score (nSPS) is 21.2. The number of nitrogens with one attached hydrogen (secondary N) is 1.